The Bertz CT molecular complexity index is 101. The summed E-state index contributed by atoms with van der Waals surface area (Å²) in [6.45, 7) is 0. The molecule has 0 atom stereocenters. The fraction of sp³-hybridized carbons (Fsp3) is 0. The minimum atomic E-state index is -11.8. The summed E-state index contributed by atoms with van der Waals surface area (Å²) in [4.78, 5) is 0. The molecular formula is F6IRe. The molecule has 56 valence electrons. The Morgan fingerprint density at radius 1 is 0.750 bits per heavy atom. The van der Waals surface area contributed by atoms with Crippen LogP contribution in [0.15, 0.2) is 0 Å². The van der Waals surface area contributed by atoms with Gasteiger partial charge in [-0.05, 0) is 0 Å². The molecule has 0 saturated heterocycles. The molecule has 0 spiro atoms. The van der Waals surface area contributed by atoms with Gasteiger partial charge < -0.3 is 0 Å². The first kappa shape index (κ1) is 8.97. The summed E-state index contributed by atoms with van der Waals surface area (Å²) >= 11 is -13.2. The van der Waals surface area contributed by atoms with Crippen molar-refractivity contribution in [2.24, 2.45) is 0 Å². The summed E-state index contributed by atoms with van der Waals surface area (Å²) in [5.74, 6) is 0. The third-order valence-electron chi connectivity index (χ3n) is 0. The van der Waals surface area contributed by atoms with E-state index in [0.717, 1.165) is 0 Å². The van der Waals surface area contributed by atoms with Crippen molar-refractivity contribution in [3.8, 4) is 0 Å². The van der Waals surface area contributed by atoms with Gasteiger partial charge in [0.1, 0.15) is 0 Å². The van der Waals surface area contributed by atoms with E-state index < -0.39 is 30.9 Å². The van der Waals surface area contributed by atoms with Crippen LogP contribution < -0.4 is 0 Å². The van der Waals surface area contributed by atoms with E-state index in [0.29, 0.717) is 0 Å². The van der Waals surface area contributed by atoms with Crippen LogP contribution in [-0.4, -0.2) is 0 Å². The summed E-state index contributed by atoms with van der Waals surface area (Å²) < 4.78 is 63.5. The zero-order valence-corrected chi connectivity index (χ0v) is 7.90. The molecule has 0 N–H and O–H groups in total. The van der Waals surface area contributed by atoms with Gasteiger partial charge in [-0.25, -0.2) is 0 Å². The van der Waals surface area contributed by atoms with Crippen LogP contribution in [0.25, 0.3) is 0 Å². The molecule has 0 aromatic heterocycles. The molecule has 8 heavy (non-hydrogen) atoms. The second-order valence-corrected chi connectivity index (χ2v) is 24.4. The molecule has 0 aliphatic carbocycles. The van der Waals surface area contributed by atoms with Crippen LogP contribution >= 0.6 is 19.5 Å². The van der Waals surface area contributed by atoms with Crippen molar-refractivity contribution in [2.45, 2.75) is 0 Å². The Hall–Kier alpha value is 0.972. The van der Waals surface area contributed by atoms with Crippen LogP contribution in [0.5, 0.6) is 0 Å². The molecule has 0 radical (unpaired) electrons. The van der Waals surface area contributed by atoms with E-state index in [1.54, 1.807) is 0 Å². The van der Waals surface area contributed by atoms with Crippen LogP contribution in [-0.2, 0) is 11.3 Å². The van der Waals surface area contributed by atoms with Gasteiger partial charge in [0, 0.05) is 0 Å². The van der Waals surface area contributed by atoms with Crippen LogP contribution in [0, 0.1) is 0 Å². The van der Waals surface area contributed by atoms with Crippen LogP contribution in [0.3, 0.4) is 0 Å². The van der Waals surface area contributed by atoms with Gasteiger partial charge in [-0.2, -0.15) is 0 Å². The molecule has 0 heterocycles. The first-order valence-electron chi connectivity index (χ1n) is 1.000. The van der Waals surface area contributed by atoms with Crippen molar-refractivity contribution in [3.63, 3.8) is 0 Å². The fourth-order valence-electron chi connectivity index (χ4n) is 0. The van der Waals surface area contributed by atoms with Gasteiger partial charge in [0.2, 0.25) is 0 Å². The third kappa shape index (κ3) is 263. The number of rotatable bonds is 0. The minimum absolute atomic E-state index is 1.33. The normalized spacial score (nSPS) is 27.1. The molecule has 0 fully saturated rings. The Morgan fingerprint density at radius 2 is 0.750 bits per heavy atom. The van der Waals surface area contributed by atoms with E-state index in [2.05, 4.69) is 0 Å². The van der Waals surface area contributed by atoms with Crippen molar-refractivity contribution in [3.05, 3.63) is 0 Å². The molecule has 0 aliphatic rings. The van der Waals surface area contributed by atoms with Crippen molar-refractivity contribution in [1.82, 2.24) is 0 Å². The van der Waals surface area contributed by atoms with Gasteiger partial charge in [-0.1, -0.05) is 0 Å². The predicted molar refractivity (Wildman–Crippen MR) is 20.7 cm³/mol. The van der Waals surface area contributed by atoms with Crippen molar-refractivity contribution in [2.75, 3.05) is 0 Å². The molecule has 0 aromatic rings. The maximum absolute atomic E-state index is 11.8. The van der Waals surface area contributed by atoms with Gasteiger partial charge in [0.25, 0.3) is 0 Å². The summed E-state index contributed by atoms with van der Waals surface area (Å²) in [7, 11) is 0. The number of hydrogen-bond acceptors (Lipinski definition) is 0. The van der Waals surface area contributed by atoms with Crippen molar-refractivity contribution < 1.29 is 30.7 Å². The molecule has 0 saturated carbocycles. The molecule has 0 nitrogen and oxygen atoms in total. The molecule has 0 aliphatic heterocycles. The van der Waals surface area contributed by atoms with Crippen molar-refractivity contribution >= 4 is 19.5 Å². The second kappa shape index (κ2) is 0.803. The second-order valence-electron chi connectivity index (χ2n) is 1.13. The van der Waals surface area contributed by atoms with Gasteiger partial charge in [-0.15, -0.1) is 0 Å². The van der Waals surface area contributed by atoms with Crippen molar-refractivity contribution in [1.29, 1.82) is 0 Å². The van der Waals surface area contributed by atoms with E-state index in [4.69, 9.17) is 0 Å². The first-order chi connectivity index (χ1) is 2.65. The Labute approximate surface area is 50.2 Å². The average molecular weight is 427 g/mol. The third-order valence-corrected chi connectivity index (χ3v) is 0. The fourth-order valence-corrected chi connectivity index (χ4v) is 0. The summed E-state index contributed by atoms with van der Waals surface area (Å²) in [5, 5.41) is 0. The quantitative estimate of drug-likeness (QED) is 0.411. The molecule has 0 amide bonds. The Kier molecular flexibility index (Phi) is 0.900. The standard InChI is InChI=1S/6FH.HI.Re/h7*1H;/q;;;;;;;+7/p-7. The summed E-state index contributed by atoms with van der Waals surface area (Å²) in [6, 6.07) is 0. The van der Waals surface area contributed by atoms with Gasteiger partial charge >= 0.3 is 50.2 Å². The SMILES string of the molecule is [F][Re]([F])([F])([F])([F])([F])[I]. The first-order valence-corrected chi connectivity index (χ1v) is 14.9. The number of hydrogen-bond donors (Lipinski definition) is 0. The van der Waals surface area contributed by atoms with E-state index in [1.807, 2.05) is 0 Å². The van der Waals surface area contributed by atoms with E-state index in [1.165, 1.54) is 0 Å². The molecule has 0 rings (SSSR count). The topological polar surface area (TPSA) is 0 Å². The Balaban J connectivity index is 5.14. The summed E-state index contributed by atoms with van der Waals surface area (Å²) in [6.07, 6.45) is 0. The zero-order valence-electron chi connectivity index (χ0n) is 3.02. The average Bonchev–Trinajstić information content (AvgIpc) is 0.544. The zero-order chi connectivity index (χ0) is 7.38. The van der Waals surface area contributed by atoms with E-state index in [-0.39, 0.29) is 0 Å². The number of halogens is 7. The van der Waals surface area contributed by atoms with Crippen LogP contribution in [0.4, 0.5) is 19.3 Å². The van der Waals surface area contributed by atoms with E-state index >= 15 is 0 Å². The van der Waals surface area contributed by atoms with Gasteiger partial charge in [0.15, 0.2) is 0 Å². The summed E-state index contributed by atoms with van der Waals surface area (Å²) in [5.41, 5.74) is 0. The Morgan fingerprint density at radius 3 is 0.750 bits per heavy atom. The maximum atomic E-state index is 10.6. The van der Waals surface area contributed by atoms with Crippen LogP contribution in [0.1, 0.15) is 0 Å². The molecule has 0 bridgehead atoms. The van der Waals surface area contributed by atoms with Gasteiger partial charge in [-0.3, -0.25) is 0 Å². The van der Waals surface area contributed by atoms with E-state index in [9.17, 15) is 19.3 Å². The van der Waals surface area contributed by atoms with Gasteiger partial charge in [0.05, 0.1) is 0 Å². The molecular weight excluding hydrogens is 427 g/mol. The van der Waals surface area contributed by atoms with Crippen LogP contribution in [0.2, 0.25) is 0 Å². The molecule has 8 heteroatoms. The molecule has 0 aromatic carbocycles. The monoisotopic (exact) mass is 428 g/mol. The predicted octanol–water partition coefficient (Wildman–Crippen LogP) is 3.40. The molecule has 0 unspecified atom stereocenters.